The summed E-state index contributed by atoms with van der Waals surface area (Å²) in [5.41, 5.74) is 6.18. The van der Waals surface area contributed by atoms with Gasteiger partial charge in [-0.25, -0.2) is 0 Å². The fraction of sp³-hybridized carbons (Fsp3) is 0.500. The molecule has 0 aliphatic heterocycles. The number of Topliss-reactive ketones (excluding diaryl/α,β-unsaturated/α-hetero) is 1. The highest BCUT2D eigenvalue weighted by Gasteiger charge is 2.21. The van der Waals surface area contributed by atoms with Gasteiger partial charge in [-0.05, 0) is 36.2 Å². The molecule has 0 aliphatic rings. The molecule has 0 spiro atoms. The van der Waals surface area contributed by atoms with E-state index in [0.717, 1.165) is 0 Å². The van der Waals surface area contributed by atoms with Crippen LogP contribution in [0.2, 0.25) is 5.02 Å². The minimum atomic E-state index is -0.103. The van der Waals surface area contributed by atoms with Crippen molar-refractivity contribution in [2.45, 2.75) is 13.8 Å². The van der Waals surface area contributed by atoms with Crippen LogP contribution in [-0.4, -0.2) is 48.2 Å². The molecular formula is C16H24Cl2N2O2S. The molecule has 0 saturated heterocycles. The van der Waals surface area contributed by atoms with Crippen LogP contribution in [0.15, 0.2) is 24.3 Å². The van der Waals surface area contributed by atoms with Crippen LogP contribution in [0.1, 0.15) is 24.2 Å². The third kappa shape index (κ3) is 8.06. The van der Waals surface area contributed by atoms with Gasteiger partial charge >= 0.3 is 0 Å². The molecule has 1 amide bonds. The molecule has 23 heavy (non-hydrogen) atoms. The number of halogens is 2. The lowest BCUT2D eigenvalue weighted by atomic mass is 9.93. The van der Waals surface area contributed by atoms with Crippen LogP contribution < -0.4 is 5.73 Å². The highest BCUT2D eigenvalue weighted by molar-refractivity contribution is 8.00. The van der Waals surface area contributed by atoms with E-state index in [4.69, 9.17) is 17.3 Å². The summed E-state index contributed by atoms with van der Waals surface area (Å²) in [4.78, 5) is 25.7. The lowest BCUT2D eigenvalue weighted by molar-refractivity contribution is -0.128. The first-order chi connectivity index (χ1) is 10.2. The van der Waals surface area contributed by atoms with Gasteiger partial charge in [0.1, 0.15) is 0 Å². The number of nitrogens with two attached hydrogens (primary N) is 1. The molecular weight excluding hydrogens is 355 g/mol. The third-order valence-corrected chi connectivity index (χ3v) is 4.44. The van der Waals surface area contributed by atoms with E-state index < -0.39 is 0 Å². The van der Waals surface area contributed by atoms with E-state index in [1.807, 2.05) is 13.8 Å². The Morgan fingerprint density at radius 3 is 2.30 bits per heavy atom. The van der Waals surface area contributed by atoms with Gasteiger partial charge in [-0.15, -0.1) is 24.2 Å². The smallest absolute Gasteiger partial charge is 0.232 e. The van der Waals surface area contributed by atoms with Gasteiger partial charge in [0.15, 0.2) is 5.78 Å². The summed E-state index contributed by atoms with van der Waals surface area (Å²) in [6.45, 7) is 5.17. The van der Waals surface area contributed by atoms with E-state index in [-0.39, 0.29) is 41.0 Å². The number of thioether (sulfide) groups is 1. The first-order valence-electron chi connectivity index (χ1n) is 7.06. The molecule has 1 aromatic carbocycles. The van der Waals surface area contributed by atoms with Gasteiger partial charge in [-0.1, -0.05) is 25.4 Å². The Hall–Kier alpha value is -0.750. The number of benzene rings is 1. The first kappa shape index (κ1) is 22.2. The van der Waals surface area contributed by atoms with Crippen LogP contribution in [0.5, 0.6) is 0 Å². The SMILES string of the molecule is CN(CC(C)(C)CN)C(=O)CSCC(=O)c1ccc(Cl)cc1.Cl. The maximum Gasteiger partial charge on any atom is 0.232 e. The minimum absolute atomic E-state index is 0. The lowest BCUT2D eigenvalue weighted by Crippen LogP contribution is -2.40. The third-order valence-electron chi connectivity index (χ3n) is 3.27. The molecule has 0 aromatic heterocycles. The summed E-state index contributed by atoms with van der Waals surface area (Å²) in [5.74, 6) is 0.577. The fourth-order valence-electron chi connectivity index (χ4n) is 1.86. The Kier molecular flexibility index (Phi) is 9.85. The van der Waals surface area contributed by atoms with Crippen LogP contribution in [0.3, 0.4) is 0 Å². The summed E-state index contributed by atoms with van der Waals surface area (Å²) in [7, 11) is 1.77. The van der Waals surface area contributed by atoms with Crippen molar-refractivity contribution in [1.82, 2.24) is 4.90 Å². The molecule has 0 atom stereocenters. The Bertz CT molecular complexity index is 521. The van der Waals surface area contributed by atoms with Gasteiger partial charge in [0.25, 0.3) is 0 Å². The molecule has 7 heteroatoms. The summed E-state index contributed by atoms with van der Waals surface area (Å²) in [6, 6.07) is 6.77. The van der Waals surface area contributed by atoms with Crippen LogP contribution in [0.4, 0.5) is 0 Å². The van der Waals surface area contributed by atoms with Gasteiger partial charge in [0, 0.05) is 24.2 Å². The Morgan fingerprint density at radius 2 is 1.78 bits per heavy atom. The van der Waals surface area contributed by atoms with Crippen molar-refractivity contribution in [2.24, 2.45) is 11.1 Å². The quantitative estimate of drug-likeness (QED) is 0.705. The second-order valence-corrected chi connectivity index (χ2v) is 7.46. The maximum atomic E-state index is 12.0. The zero-order valence-corrected chi connectivity index (χ0v) is 16.1. The summed E-state index contributed by atoms with van der Waals surface area (Å²) >= 11 is 7.11. The molecule has 0 saturated carbocycles. The van der Waals surface area contributed by atoms with E-state index in [9.17, 15) is 9.59 Å². The summed E-state index contributed by atoms with van der Waals surface area (Å²) < 4.78 is 0. The second kappa shape index (κ2) is 10.2. The molecule has 2 N–H and O–H groups in total. The number of nitrogens with zero attached hydrogens (tertiary/aromatic N) is 1. The molecule has 4 nitrogen and oxygen atoms in total. The Balaban J connectivity index is 0.00000484. The van der Waals surface area contributed by atoms with E-state index in [0.29, 0.717) is 23.7 Å². The van der Waals surface area contributed by atoms with Crippen molar-refractivity contribution in [3.63, 3.8) is 0 Å². The van der Waals surface area contributed by atoms with E-state index in [2.05, 4.69) is 0 Å². The number of amides is 1. The van der Waals surface area contributed by atoms with Crippen molar-refractivity contribution in [3.05, 3.63) is 34.9 Å². The fourth-order valence-corrected chi connectivity index (χ4v) is 2.83. The average molecular weight is 379 g/mol. The van der Waals surface area contributed by atoms with Crippen LogP contribution in [0, 0.1) is 5.41 Å². The van der Waals surface area contributed by atoms with Crippen molar-refractivity contribution in [2.75, 3.05) is 31.6 Å². The normalized spacial score (nSPS) is 10.8. The second-order valence-electron chi connectivity index (χ2n) is 6.04. The monoisotopic (exact) mass is 378 g/mol. The van der Waals surface area contributed by atoms with Gasteiger partial charge < -0.3 is 10.6 Å². The van der Waals surface area contributed by atoms with E-state index >= 15 is 0 Å². The number of hydrogen-bond acceptors (Lipinski definition) is 4. The molecule has 0 bridgehead atoms. The van der Waals surface area contributed by atoms with Crippen LogP contribution >= 0.6 is 35.8 Å². The van der Waals surface area contributed by atoms with Crippen LogP contribution in [-0.2, 0) is 4.79 Å². The number of ketones is 1. The van der Waals surface area contributed by atoms with Crippen LogP contribution in [0.25, 0.3) is 0 Å². The van der Waals surface area contributed by atoms with Crippen molar-refractivity contribution < 1.29 is 9.59 Å². The molecule has 1 aromatic rings. The Labute approximate surface area is 153 Å². The number of rotatable bonds is 8. The summed E-state index contributed by atoms with van der Waals surface area (Å²) in [6.07, 6.45) is 0. The molecule has 0 fully saturated rings. The highest BCUT2D eigenvalue weighted by Crippen LogP contribution is 2.16. The molecule has 1 rings (SSSR count). The summed E-state index contributed by atoms with van der Waals surface area (Å²) in [5, 5.41) is 0.600. The van der Waals surface area contributed by atoms with Gasteiger partial charge in [0.05, 0.1) is 11.5 Å². The average Bonchev–Trinajstić information content (AvgIpc) is 2.47. The lowest BCUT2D eigenvalue weighted by Gasteiger charge is -2.29. The van der Waals surface area contributed by atoms with E-state index in [1.54, 1.807) is 36.2 Å². The molecule has 0 radical (unpaired) electrons. The first-order valence-corrected chi connectivity index (χ1v) is 8.59. The minimum Gasteiger partial charge on any atom is -0.344 e. The standard InChI is InChI=1S/C16H23ClN2O2S.ClH/c1-16(2,10-18)11-19(3)15(21)9-22-8-14(20)12-4-6-13(17)7-5-12;/h4-7H,8-11,18H2,1-3H3;1H. The van der Waals surface area contributed by atoms with Gasteiger partial charge in [-0.2, -0.15) is 0 Å². The molecule has 0 aliphatic carbocycles. The number of carbonyl (C=O) groups is 2. The zero-order chi connectivity index (χ0) is 16.8. The van der Waals surface area contributed by atoms with Gasteiger partial charge in [-0.3, -0.25) is 9.59 Å². The number of hydrogen-bond donors (Lipinski definition) is 1. The zero-order valence-electron chi connectivity index (χ0n) is 13.7. The maximum absolute atomic E-state index is 12.0. The predicted molar refractivity (Wildman–Crippen MR) is 101 cm³/mol. The predicted octanol–water partition coefficient (Wildman–Crippen LogP) is 3.12. The van der Waals surface area contributed by atoms with Crippen molar-refractivity contribution in [3.8, 4) is 0 Å². The van der Waals surface area contributed by atoms with Gasteiger partial charge in [0.2, 0.25) is 5.91 Å². The molecule has 0 heterocycles. The Morgan fingerprint density at radius 1 is 1.22 bits per heavy atom. The highest BCUT2D eigenvalue weighted by atomic mass is 35.5. The topological polar surface area (TPSA) is 63.4 Å². The van der Waals surface area contributed by atoms with Crippen molar-refractivity contribution >= 4 is 47.5 Å². The molecule has 0 unspecified atom stereocenters. The number of carbonyl (C=O) groups excluding carboxylic acids is 2. The molecule has 130 valence electrons. The van der Waals surface area contributed by atoms with E-state index in [1.165, 1.54) is 11.8 Å². The van der Waals surface area contributed by atoms with Crippen molar-refractivity contribution in [1.29, 1.82) is 0 Å². The largest absolute Gasteiger partial charge is 0.344 e.